The molecule has 5 nitrogen and oxygen atoms in total. The maximum Gasteiger partial charge on any atom is 0.262 e. The third-order valence-corrected chi connectivity index (χ3v) is 3.95. The van der Waals surface area contributed by atoms with E-state index < -0.39 is 0 Å². The van der Waals surface area contributed by atoms with Gasteiger partial charge < -0.3 is 4.74 Å². The number of carbonyl (C=O) groups is 3. The number of aldehydes is 1. The number of amides is 2. The summed E-state index contributed by atoms with van der Waals surface area (Å²) >= 11 is 0. The first-order valence-electron chi connectivity index (χ1n) is 7.70. The van der Waals surface area contributed by atoms with Gasteiger partial charge in [0, 0.05) is 11.6 Å². The zero-order valence-electron chi connectivity index (χ0n) is 13.5. The molecule has 0 spiro atoms. The molecule has 2 amide bonds. The molecule has 2 bridgehead atoms. The Morgan fingerprint density at radius 1 is 1.04 bits per heavy atom. The highest BCUT2D eigenvalue weighted by molar-refractivity contribution is 6.23. The Kier molecular flexibility index (Phi) is 4.16. The van der Waals surface area contributed by atoms with Crippen LogP contribution in [0.4, 0.5) is 0 Å². The third-order valence-electron chi connectivity index (χ3n) is 3.95. The fraction of sp³-hybridized carbons (Fsp3) is 0.211. The van der Waals surface area contributed by atoms with E-state index in [0.717, 1.165) is 12.4 Å². The number of benzene rings is 2. The predicted molar refractivity (Wildman–Crippen MR) is 88.2 cm³/mol. The molecule has 2 aromatic carbocycles. The molecule has 3 aliphatic rings. The number of carbonyl (C=O) groups excluding carboxylic acids is 3. The van der Waals surface area contributed by atoms with Crippen LogP contribution in [-0.4, -0.2) is 29.0 Å². The second-order valence-electron chi connectivity index (χ2n) is 5.89. The summed E-state index contributed by atoms with van der Waals surface area (Å²) in [6.45, 7) is 4.30. The molecule has 2 aromatic rings. The van der Waals surface area contributed by atoms with Crippen LogP contribution in [0.3, 0.4) is 0 Å². The highest BCUT2D eigenvalue weighted by Gasteiger charge is 2.38. The van der Waals surface area contributed by atoms with Crippen LogP contribution in [0.5, 0.6) is 5.75 Å². The molecule has 0 aliphatic carbocycles. The highest BCUT2D eigenvalue weighted by Crippen LogP contribution is 2.26. The second kappa shape index (κ2) is 6.28. The van der Waals surface area contributed by atoms with E-state index in [1.165, 1.54) is 10.5 Å². The molecular formula is C19H17NO4. The quantitative estimate of drug-likeness (QED) is 0.629. The average Bonchev–Trinajstić information content (AvgIpc) is 2.88. The maximum absolute atomic E-state index is 12.0. The molecule has 122 valence electrons. The van der Waals surface area contributed by atoms with Gasteiger partial charge in [-0.15, -0.1) is 0 Å². The zero-order valence-corrected chi connectivity index (χ0v) is 13.5. The van der Waals surface area contributed by atoms with E-state index in [-0.39, 0.29) is 29.0 Å². The molecule has 5 rings (SSSR count). The van der Waals surface area contributed by atoms with Crippen LogP contribution in [0.15, 0.2) is 42.5 Å². The minimum atomic E-state index is -0.377. The summed E-state index contributed by atoms with van der Waals surface area (Å²) < 4.78 is 5.18. The molecule has 0 unspecified atom stereocenters. The lowest BCUT2D eigenvalue weighted by Gasteiger charge is -2.17. The summed E-state index contributed by atoms with van der Waals surface area (Å²) in [6, 6.07) is 12.7. The van der Waals surface area contributed by atoms with Crippen molar-refractivity contribution in [3.8, 4) is 5.75 Å². The van der Waals surface area contributed by atoms with Crippen LogP contribution < -0.4 is 4.74 Å². The van der Waals surface area contributed by atoms with Crippen molar-refractivity contribution in [3.05, 3.63) is 64.7 Å². The van der Waals surface area contributed by atoms with E-state index in [1.807, 2.05) is 12.1 Å². The smallest absolute Gasteiger partial charge is 0.262 e. The lowest BCUT2D eigenvalue weighted by molar-refractivity contribution is 0.0608. The van der Waals surface area contributed by atoms with Gasteiger partial charge in [-0.3, -0.25) is 19.3 Å². The fourth-order valence-corrected chi connectivity index (χ4v) is 2.75. The maximum atomic E-state index is 12.0. The Bertz CT molecular complexity index is 786. The number of rotatable bonds is 2. The molecule has 0 aromatic heterocycles. The average molecular weight is 323 g/mol. The Morgan fingerprint density at radius 2 is 1.75 bits per heavy atom. The monoisotopic (exact) mass is 323 g/mol. The summed E-state index contributed by atoms with van der Waals surface area (Å²) in [4.78, 5) is 35.9. The Balaban J connectivity index is 0.000000175. The predicted octanol–water partition coefficient (Wildman–Crippen LogP) is 3.08. The van der Waals surface area contributed by atoms with E-state index in [9.17, 15) is 14.4 Å². The first-order valence-corrected chi connectivity index (χ1v) is 7.70. The summed E-state index contributed by atoms with van der Waals surface area (Å²) in [6.07, 6.45) is 0.605. The molecule has 5 heteroatoms. The van der Waals surface area contributed by atoms with E-state index in [1.54, 1.807) is 32.0 Å². The second-order valence-corrected chi connectivity index (χ2v) is 5.89. The van der Waals surface area contributed by atoms with Gasteiger partial charge in [0.2, 0.25) is 0 Å². The number of fused-ring (bicyclic) bond motifs is 4. The third kappa shape index (κ3) is 2.69. The standard InChI is InChI=1S/C12H11NO3.C7H6O/c1-7(2)13-11(15)9-5-3-4-8(6-14)10(9)12(13)16;1-3-7-4-2-6(1)5-8-7/h3-7H,1-2H3;1-4H,5H2. The van der Waals surface area contributed by atoms with Crippen molar-refractivity contribution in [2.75, 3.05) is 0 Å². The first-order chi connectivity index (χ1) is 11.5. The van der Waals surface area contributed by atoms with Gasteiger partial charge in [0.15, 0.2) is 6.29 Å². The van der Waals surface area contributed by atoms with Crippen LogP contribution in [0.1, 0.15) is 50.5 Å². The van der Waals surface area contributed by atoms with Gasteiger partial charge >= 0.3 is 0 Å². The highest BCUT2D eigenvalue weighted by atomic mass is 16.5. The number of hydrogen-bond donors (Lipinski definition) is 0. The molecule has 3 aliphatic heterocycles. The van der Waals surface area contributed by atoms with Crippen LogP contribution in [0.2, 0.25) is 0 Å². The van der Waals surface area contributed by atoms with Gasteiger partial charge in [0.1, 0.15) is 12.4 Å². The van der Waals surface area contributed by atoms with Crippen molar-refractivity contribution in [3.63, 3.8) is 0 Å². The van der Waals surface area contributed by atoms with Crippen molar-refractivity contribution >= 4 is 18.1 Å². The van der Waals surface area contributed by atoms with Crippen LogP contribution in [0, 0.1) is 0 Å². The van der Waals surface area contributed by atoms with E-state index in [4.69, 9.17) is 4.74 Å². The van der Waals surface area contributed by atoms with Gasteiger partial charge in [-0.25, -0.2) is 0 Å². The number of ether oxygens (including phenoxy) is 1. The van der Waals surface area contributed by atoms with E-state index >= 15 is 0 Å². The van der Waals surface area contributed by atoms with Crippen molar-refractivity contribution < 1.29 is 19.1 Å². The molecule has 3 heterocycles. The molecule has 0 fully saturated rings. The van der Waals surface area contributed by atoms with Crippen molar-refractivity contribution in [2.45, 2.75) is 26.5 Å². The molecule has 0 N–H and O–H groups in total. The Morgan fingerprint density at radius 3 is 2.17 bits per heavy atom. The molecular weight excluding hydrogens is 306 g/mol. The lowest BCUT2D eigenvalue weighted by Crippen LogP contribution is -2.36. The van der Waals surface area contributed by atoms with Crippen molar-refractivity contribution in [1.29, 1.82) is 0 Å². The van der Waals surface area contributed by atoms with Gasteiger partial charge in [0.05, 0.1) is 11.1 Å². The SMILES string of the molecule is CC(C)N1C(=O)c2cccc(C=O)c2C1=O.c1cc2ccc1CO2. The summed E-state index contributed by atoms with van der Waals surface area (Å²) in [5, 5.41) is 0. The van der Waals surface area contributed by atoms with Gasteiger partial charge in [0.25, 0.3) is 11.8 Å². The number of nitrogens with zero attached hydrogens (tertiary/aromatic N) is 1. The van der Waals surface area contributed by atoms with E-state index in [0.29, 0.717) is 11.8 Å². The van der Waals surface area contributed by atoms with E-state index in [2.05, 4.69) is 12.1 Å². The topological polar surface area (TPSA) is 63.7 Å². The summed E-state index contributed by atoms with van der Waals surface area (Å²) in [5.41, 5.74) is 2.10. The Hall–Kier alpha value is -2.95. The fourth-order valence-electron chi connectivity index (χ4n) is 2.75. The largest absolute Gasteiger partial charge is 0.489 e. The van der Waals surface area contributed by atoms with Gasteiger partial charge in [-0.05, 0) is 37.6 Å². The first kappa shape index (κ1) is 15.9. The van der Waals surface area contributed by atoms with Gasteiger partial charge in [-0.2, -0.15) is 0 Å². The van der Waals surface area contributed by atoms with Crippen LogP contribution in [-0.2, 0) is 6.61 Å². The molecule has 24 heavy (non-hydrogen) atoms. The lowest BCUT2D eigenvalue weighted by atomic mass is 10.0. The Labute approximate surface area is 139 Å². The molecule has 0 atom stereocenters. The molecule has 0 saturated heterocycles. The van der Waals surface area contributed by atoms with Gasteiger partial charge in [-0.1, -0.05) is 24.3 Å². The molecule has 0 radical (unpaired) electrons. The summed E-state index contributed by atoms with van der Waals surface area (Å²) in [5.74, 6) is 0.288. The number of hydrogen-bond acceptors (Lipinski definition) is 4. The zero-order chi connectivity index (χ0) is 17.3. The van der Waals surface area contributed by atoms with Crippen LogP contribution >= 0.6 is 0 Å². The normalized spacial score (nSPS) is 14.2. The van der Waals surface area contributed by atoms with Crippen LogP contribution in [0.25, 0.3) is 0 Å². The van der Waals surface area contributed by atoms with Crippen molar-refractivity contribution in [2.24, 2.45) is 0 Å². The minimum absolute atomic E-state index is 0.202. The molecule has 0 saturated carbocycles. The number of imide groups is 1. The van der Waals surface area contributed by atoms with Crippen molar-refractivity contribution in [1.82, 2.24) is 4.90 Å². The minimum Gasteiger partial charge on any atom is -0.489 e. The summed E-state index contributed by atoms with van der Waals surface area (Å²) in [7, 11) is 0.